The van der Waals surface area contributed by atoms with Crippen LogP contribution in [-0.2, 0) is 17.8 Å². The van der Waals surface area contributed by atoms with E-state index in [1.807, 2.05) is 41.0 Å². The first kappa shape index (κ1) is 20.1. The zero-order valence-corrected chi connectivity index (χ0v) is 16.9. The smallest absolute Gasteiger partial charge is 0.242 e. The molecule has 1 aliphatic rings. The van der Waals surface area contributed by atoms with Crippen molar-refractivity contribution < 1.29 is 9.32 Å². The van der Waals surface area contributed by atoms with Crippen LogP contribution in [0.2, 0.25) is 5.02 Å². The minimum Gasteiger partial charge on any atom is -0.357 e. The lowest BCUT2D eigenvalue weighted by Crippen LogP contribution is -2.55. The van der Waals surface area contributed by atoms with Gasteiger partial charge in [-0.3, -0.25) is 9.79 Å². The van der Waals surface area contributed by atoms with Gasteiger partial charge in [-0.1, -0.05) is 28.9 Å². The van der Waals surface area contributed by atoms with Gasteiger partial charge in [-0.25, -0.2) is 0 Å². The molecule has 1 aliphatic heterocycles. The Bertz CT molecular complexity index is 820. The number of nitrogens with one attached hydrogen (secondary N) is 1. The highest BCUT2D eigenvalue weighted by Crippen LogP contribution is 2.13. The van der Waals surface area contributed by atoms with Gasteiger partial charge in [0.1, 0.15) is 0 Å². The number of amides is 1. The fourth-order valence-corrected chi connectivity index (χ4v) is 3.12. The van der Waals surface area contributed by atoms with E-state index in [0.717, 1.165) is 24.6 Å². The van der Waals surface area contributed by atoms with Crippen molar-refractivity contribution in [2.45, 2.75) is 26.8 Å². The Kier molecular flexibility index (Phi) is 6.86. The third-order valence-electron chi connectivity index (χ3n) is 4.40. The highest BCUT2D eigenvalue weighted by molar-refractivity contribution is 6.30. The third-order valence-corrected chi connectivity index (χ3v) is 4.65. The number of aromatic nitrogens is 2. The average Bonchev–Trinajstić information content (AvgIpc) is 3.09. The molecule has 0 radical (unpaired) electrons. The van der Waals surface area contributed by atoms with Crippen molar-refractivity contribution in [1.29, 1.82) is 0 Å². The molecule has 2 heterocycles. The zero-order valence-electron chi connectivity index (χ0n) is 16.2. The average molecular weight is 405 g/mol. The SMILES string of the molecule is CCNC(=NCCc1nc(C)no1)N1CCN(Cc2ccc(Cl)cc2)C(=O)C1. The second-order valence-corrected chi connectivity index (χ2v) is 7.02. The number of benzene rings is 1. The van der Waals surface area contributed by atoms with Gasteiger partial charge in [-0.05, 0) is 31.5 Å². The number of rotatable bonds is 6. The summed E-state index contributed by atoms with van der Waals surface area (Å²) in [5, 5.41) is 7.74. The second kappa shape index (κ2) is 9.54. The van der Waals surface area contributed by atoms with Gasteiger partial charge in [0.25, 0.3) is 0 Å². The van der Waals surface area contributed by atoms with E-state index in [2.05, 4.69) is 20.4 Å². The van der Waals surface area contributed by atoms with Crippen LogP contribution in [0, 0.1) is 6.92 Å². The molecule has 1 fully saturated rings. The maximum Gasteiger partial charge on any atom is 0.242 e. The Labute approximate surface area is 169 Å². The second-order valence-electron chi connectivity index (χ2n) is 6.58. The number of piperazine rings is 1. The Hall–Kier alpha value is -2.61. The minimum absolute atomic E-state index is 0.0827. The molecule has 150 valence electrons. The van der Waals surface area contributed by atoms with Crippen LogP contribution >= 0.6 is 11.6 Å². The van der Waals surface area contributed by atoms with Crippen LogP contribution in [0.25, 0.3) is 0 Å². The van der Waals surface area contributed by atoms with Crippen LogP contribution in [-0.4, -0.2) is 64.5 Å². The lowest BCUT2D eigenvalue weighted by Gasteiger charge is -2.36. The molecule has 1 aromatic carbocycles. The molecule has 9 heteroatoms. The summed E-state index contributed by atoms with van der Waals surface area (Å²) in [6.45, 7) is 7.32. The molecule has 0 spiro atoms. The molecular formula is C19H25ClN6O2. The van der Waals surface area contributed by atoms with Crippen LogP contribution in [0.15, 0.2) is 33.8 Å². The molecular weight excluding hydrogens is 380 g/mol. The molecule has 0 atom stereocenters. The predicted octanol–water partition coefficient (Wildman–Crippen LogP) is 1.88. The first-order valence-electron chi connectivity index (χ1n) is 9.40. The van der Waals surface area contributed by atoms with E-state index in [0.29, 0.717) is 49.3 Å². The highest BCUT2D eigenvalue weighted by atomic mass is 35.5. The molecule has 1 aromatic heterocycles. The van der Waals surface area contributed by atoms with Gasteiger partial charge < -0.3 is 19.6 Å². The number of aryl methyl sites for hydroxylation is 1. The largest absolute Gasteiger partial charge is 0.357 e. The van der Waals surface area contributed by atoms with Crippen LogP contribution in [0.3, 0.4) is 0 Å². The Morgan fingerprint density at radius 2 is 2.11 bits per heavy atom. The van der Waals surface area contributed by atoms with Gasteiger partial charge in [0.15, 0.2) is 11.8 Å². The summed E-state index contributed by atoms with van der Waals surface area (Å²) in [6.07, 6.45) is 0.570. The summed E-state index contributed by atoms with van der Waals surface area (Å²) in [4.78, 5) is 25.3. The van der Waals surface area contributed by atoms with E-state index < -0.39 is 0 Å². The molecule has 2 aromatic rings. The molecule has 0 unspecified atom stereocenters. The number of aliphatic imine (C=N–C) groups is 1. The van der Waals surface area contributed by atoms with Gasteiger partial charge in [-0.15, -0.1) is 0 Å². The van der Waals surface area contributed by atoms with Crippen molar-refractivity contribution in [2.75, 3.05) is 32.7 Å². The quantitative estimate of drug-likeness (QED) is 0.584. The first-order chi connectivity index (χ1) is 13.5. The zero-order chi connectivity index (χ0) is 19.9. The van der Waals surface area contributed by atoms with E-state index >= 15 is 0 Å². The van der Waals surface area contributed by atoms with E-state index in [-0.39, 0.29) is 5.91 Å². The van der Waals surface area contributed by atoms with Gasteiger partial charge in [0.2, 0.25) is 11.8 Å². The van der Waals surface area contributed by atoms with E-state index in [9.17, 15) is 4.79 Å². The summed E-state index contributed by atoms with van der Waals surface area (Å²) in [5.41, 5.74) is 1.07. The number of carbonyl (C=O) groups is 1. The highest BCUT2D eigenvalue weighted by Gasteiger charge is 2.26. The maximum absolute atomic E-state index is 12.6. The summed E-state index contributed by atoms with van der Waals surface area (Å²) >= 11 is 5.93. The summed E-state index contributed by atoms with van der Waals surface area (Å²) < 4.78 is 5.11. The molecule has 1 amide bonds. The van der Waals surface area contributed by atoms with Crippen molar-refractivity contribution in [3.8, 4) is 0 Å². The summed E-state index contributed by atoms with van der Waals surface area (Å²) in [5.74, 6) is 2.01. The standard InChI is InChI=1S/C19H25ClN6O2/c1-3-21-19(22-9-8-17-23-14(2)24-28-17)26-11-10-25(18(27)13-26)12-15-4-6-16(20)7-5-15/h4-7H,3,8-13H2,1-2H3,(H,21,22). The number of hydrogen-bond acceptors (Lipinski definition) is 5. The van der Waals surface area contributed by atoms with Crippen LogP contribution < -0.4 is 5.32 Å². The van der Waals surface area contributed by atoms with Gasteiger partial charge in [0.05, 0.1) is 13.1 Å². The van der Waals surface area contributed by atoms with E-state index in [1.54, 1.807) is 6.92 Å². The molecule has 1 N–H and O–H groups in total. The molecule has 3 rings (SSSR count). The number of hydrogen-bond donors (Lipinski definition) is 1. The topological polar surface area (TPSA) is 86.9 Å². The number of carbonyl (C=O) groups excluding carboxylic acids is 1. The summed E-state index contributed by atoms with van der Waals surface area (Å²) in [7, 11) is 0. The molecule has 1 saturated heterocycles. The van der Waals surface area contributed by atoms with E-state index in [4.69, 9.17) is 16.1 Å². The first-order valence-corrected chi connectivity index (χ1v) is 9.77. The Balaban J connectivity index is 1.56. The number of guanidine groups is 1. The third kappa shape index (κ3) is 5.45. The summed E-state index contributed by atoms with van der Waals surface area (Å²) in [6, 6.07) is 7.59. The van der Waals surface area contributed by atoms with Crippen molar-refractivity contribution in [3.63, 3.8) is 0 Å². The van der Waals surface area contributed by atoms with Crippen molar-refractivity contribution >= 4 is 23.5 Å². The molecule has 8 nitrogen and oxygen atoms in total. The fourth-order valence-electron chi connectivity index (χ4n) is 2.99. The lowest BCUT2D eigenvalue weighted by molar-refractivity contribution is -0.135. The van der Waals surface area contributed by atoms with Crippen molar-refractivity contribution in [3.05, 3.63) is 46.6 Å². The van der Waals surface area contributed by atoms with E-state index in [1.165, 1.54) is 0 Å². The molecule has 0 saturated carbocycles. The van der Waals surface area contributed by atoms with Gasteiger partial charge >= 0.3 is 0 Å². The van der Waals surface area contributed by atoms with Gasteiger partial charge in [0, 0.05) is 37.6 Å². The Morgan fingerprint density at radius 3 is 2.75 bits per heavy atom. The molecule has 28 heavy (non-hydrogen) atoms. The molecule has 0 aliphatic carbocycles. The normalized spacial score (nSPS) is 15.2. The van der Waals surface area contributed by atoms with Gasteiger partial charge in [-0.2, -0.15) is 4.98 Å². The van der Waals surface area contributed by atoms with Crippen LogP contribution in [0.4, 0.5) is 0 Å². The lowest BCUT2D eigenvalue weighted by atomic mass is 10.2. The fraction of sp³-hybridized carbons (Fsp3) is 0.474. The van der Waals surface area contributed by atoms with Crippen LogP contribution in [0.1, 0.15) is 24.2 Å². The van der Waals surface area contributed by atoms with Crippen molar-refractivity contribution in [2.24, 2.45) is 4.99 Å². The van der Waals surface area contributed by atoms with Crippen molar-refractivity contribution in [1.82, 2.24) is 25.3 Å². The number of nitrogens with zero attached hydrogens (tertiary/aromatic N) is 5. The predicted molar refractivity (Wildman–Crippen MR) is 107 cm³/mol. The maximum atomic E-state index is 12.6. The number of halogens is 1. The minimum atomic E-state index is 0.0827. The Morgan fingerprint density at radius 1 is 1.32 bits per heavy atom. The molecule has 0 bridgehead atoms. The monoisotopic (exact) mass is 404 g/mol. The van der Waals surface area contributed by atoms with Crippen LogP contribution in [0.5, 0.6) is 0 Å².